The summed E-state index contributed by atoms with van der Waals surface area (Å²) < 4.78 is 17.8. The number of benzene rings is 1. The molecule has 12 heavy (non-hydrogen) atoms. The van der Waals surface area contributed by atoms with Crippen molar-refractivity contribution in [2.75, 3.05) is 0 Å². The van der Waals surface area contributed by atoms with Crippen molar-refractivity contribution in [3.63, 3.8) is 0 Å². The van der Waals surface area contributed by atoms with E-state index in [1.54, 1.807) is 24.3 Å². The lowest BCUT2D eigenvalue weighted by Crippen LogP contribution is -2.30. The lowest BCUT2D eigenvalue weighted by molar-refractivity contribution is -0.0930. The number of hydrogen-bond acceptors (Lipinski definition) is 2. The van der Waals surface area contributed by atoms with E-state index < -0.39 is 12.0 Å². The molecule has 0 fully saturated rings. The van der Waals surface area contributed by atoms with Crippen molar-refractivity contribution in [2.45, 2.75) is 18.9 Å². The van der Waals surface area contributed by atoms with Gasteiger partial charge < -0.3 is 9.84 Å². The molecule has 0 spiro atoms. The van der Waals surface area contributed by atoms with Crippen LogP contribution in [0.1, 0.15) is 12.5 Å². The van der Waals surface area contributed by atoms with E-state index in [0.717, 1.165) is 0 Å². The SMILES string of the molecule is C[C@@]1(O)c2ccccc2O[C@@H]1F. The highest BCUT2D eigenvalue weighted by Crippen LogP contribution is 2.41. The van der Waals surface area contributed by atoms with Crippen molar-refractivity contribution in [1.29, 1.82) is 0 Å². The summed E-state index contributed by atoms with van der Waals surface area (Å²) >= 11 is 0. The number of ether oxygens (including phenoxy) is 1. The van der Waals surface area contributed by atoms with E-state index in [0.29, 0.717) is 11.3 Å². The number of halogens is 1. The van der Waals surface area contributed by atoms with Gasteiger partial charge in [0.1, 0.15) is 5.75 Å². The first kappa shape index (κ1) is 7.55. The van der Waals surface area contributed by atoms with Gasteiger partial charge in [-0.25, -0.2) is 0 Å². The van der Waals surface area contributed by atoms with Crippen molar-refractivity contribution in [3.8, 4) is 5.75 Å². The van der Waals surface area contributed by atoms with Gasteiger partial charge in [-0.05, 0) is 13.0 Å². The van der Waals surface area contributed by atoms with Gasteiger partial charge in [-0.3, -0.25) is 0 Å². The van der Waals surface area contributed by atoms with Gasteiger partial charge in [0.05, 0.1) is 0 Å². The molecule has 1 heterocycles. The molecule has 1 aromatic carbocycles. The smallest absolute Gasteiger partial charge is 0.270 e. The van der Waals surface area contributed by atoms with Crippen LogP contribution in [0.25, 0.3) is 0 Å². The van der Waals surface area contributed by atoms with Crippen LogP contribution in [0.3, 0.4) is 0 Å². The molecule has 2 nitrogen and oxygen atoms in total. The van der Waals surface area contributed by atoms with Crippen LogP contribution < -0.4 is 4.74 Å². The zero-order chi connectivity index (χ0) is 8.77. The molecule has 0 aromatic heterocycles. The van der Waals surface area contributed by atoms with E-state index in [9.17, 15) is 9.50 Å². The second-order valence-corrected chi connectivity index (χ2v) is 3.08. The summed E-state index contributed by atoms with van der Waals surface area (Å²) in [5.74, 6) is 0.426. The van der Waals surface area contributed by atoms with Gasteiger partial charge in [-0.2, -0.15) is 4.39 Å². The van der Waals surface area contributed by atoms with Crippen LogP contribution in [0.4, 0.5) is 4.39 Å². The Hall–Kier alpha value is -1.09. The number of alkyl halides is 1. The van der Waals surface area contributed by atoms with E-state index in [1.165, 1.54) is 6.92 Å². The van der Waals surface area contributed by atoms with Crippen molar-refractivity contribution in [1.82, 2.24) is 0 Å². The third kappa shape index (κ3) is 0.830. The molecule has 1 aliphatic rings. The van der Waals surface area contributed by atoms with Gasteiger partial charge in [0.15, 0.2) is 5.60 Å². The third-order valence-electron chi connectivity index (χ3n) is 2.10. The van der Waals surface area contributed by atoms with Crippen molar-refractivity contribution < 1.29 is 14.2 Å². The molecule has 1 N–H and O–H groups in total. The summed E-state index contributed by atoms with van der Waals surface area (Å²) in [6, 6.07) is 6.79. The van der Waals surface area contributed by atoms with Crippen molar-refractivity contribution in [2.24, 2.45) is 0 Å². The number of para-hydroxylation sites is 1. The summed E-state index contributed by atoms with van der Waals surface area (Å²) in [5.41, 5.74) is -0.992. The van der Waals surface area contributed by atoms with Gasteiger partial charge in [-0.15, -0.1) is 0 Å². The molecule has 0 saturated heterocycles. The van der Waals surface area contributed by atoms with E-state index in [-0.39, 0.29) is 0 Å². The van der Waals surface area contributed by atoms with Crippen molar-refractivity contribution >= 4 is 0 Å². The summed E-state index contributed by atoms with van der Waals surface area (Å²) in [4.78, 5) is 0. The van der Waals surface area contributed by atoms with Gasteiger partial charge in [0.2, 0.25) is 0 Å². The molecule has 0 saturated carbocycles. The Balaban J connectivity index is 2.55. The third-order valence-corrected chi connectivity index (χ3v) is 2.10. The highest BCUT2D eigenvalue weighted by Gasteiger charge is 2.43. The predicted molar refractivity (Wildman–Crippen MR) is 41.5 cm³/mol. The minimum absolute atomic E-state index is 0.426. The monoisotopic (exact) mass is 168 g/mol. The molecule has 2 atom stereocenters. The fraction of sp³-hybridized carbons (Fsp3) is 0.333. The van der Waals surface area contributed by atoms with E-state index in [2.05, 4.69) is 0 Å². The quantitative estimate of drug-likeness (QED) is 0.637. The molecule has 0 aliphatic carbocycles. The highest BCUT2D eigenvalue weighted by molar-refractivity contribution is 5.41. The molecule has 64 valence electrons. The van der Waals surface area contributed by atoms with E-state index in [4.69, 9.17) is 4.74 Å². The molecule has 1 aromatic rings. The fourth-order valence-electron chi connectivity index (χ4n) is 1.34. The Bertz CT molecular complexity index is 309. The lowest BCUT2D eigenvalue weighted by Gasteiger charge is -2.17. The topological polar surface area (TPSA) is 29.5 Å². The van der Waals surface area contributed by atoms with Gasteiger partial charge >= 0.3 is 0 Å². The molecule has 1 aliphatic heterocycles. The molecule has 2 rings (SSSR count). The standard InChI is InChI=1S/C9H9FO2/c1-9(11)6-4-2-3-5-7(6)12-8(9)10/h2-5,8,11H,1H3/t8-,9+/m0/s1. The normalized spacial score (nSPS) is 32.8. The first-order chi connectivity index (χ1) is 5.62. The Labute approximate surface area is 69.6 Å². The van der Waals surface area contributed by atoms with Gasteiger partial charge in [-0.1, -0.05) is 18.2 Å². The van der Waals surface area contributed by atoms with Gasteiger partial charge in [0, 0.05) is 5.56 Å². The Kier molecular flexibility index (Phi) is 1.38. The molecular formula is C9H9FO2. The molecule has 3 heteroatoms. The minimum atomic E-state index is -1.66. The zero-order valence-corrected chi connectivity index (χ0v) is 6.62. The lowest BCUT2D eigenvalue weighted by atomic mass is 9.98. The summed E-state index contributed by atoms with van der Waals surface area (Å²) in [5, 5.41) is 9.62. The first-order valence-electron chi connectivity index (χ1n) is 3.75. The highest BCUT2D eigenvalue weighted by atomic mass is 19.1. The summed E-state index contributed by atoms with van der Waals surface area (Å²) in [6.07, 6.45) is -1.66. The average molecular weight is 168 g/mol. The summed E-state index contributed by atoms with van der Waals surface area (Å²) in [6.45, 7) is 1.41. The Morgan fingerprint density at radius 2 is 2.17 bits per heavy atom. The predicted octanol–water partition coefficient (Wildman–Crippen LogP) is 1.58. The van der Waals surface area contributed by atoms with Crippen LogP contribution in [0.2, 0.25) is 0 Å². The van der Waals surface area contributed by atoms with Crippen LogP contribution in [0.5, 0.6) is 5.75 Å². The number of rotatable bonds is 0. The van der Waals surface area contributed by atoms with Crippen LogP contribution in [-0.2, 0) is 5.60 Å². The first-order valence-corrected chi connectivity index (χ1v) is 3.75. The number of fused-ring (bicyclic) bond motifs is 1. The fourth-order valence-corrected chi connectivity index (χ4v) is 1.34. The maximum atomic E-state index is 13.0. The number of hydrogen-bond donors (Lipinski definition) is 1. The van der Waals surface area contributed by atoms with E-state index >= 15 is 0 Å². The van der Waals surface area contributed by atoms with Crippen molar-refractivity contribution in [3.05, 3.63) is 29.8 Å². The molecule has 0 bridgehead atoms. The average Bonchev–Trinajstić information content (AvgIpc) is 2.25. The van der Waals surface area contributed by atoms with E-state index in [1.807, 2.05) is 0 Å². The number of aliphatic hydroxyl groups is 1. The maximum absolute atomic E-state index is 13.0. The van der Waals surface area contributed by atoms with Crippen LogP contribution in [0, 0.1) is 0 Å². The van der Waals surface area contributed by atoms with Gasteiger partial charge in [0.25, 0.3) is 6.36 Å². The molecule has 0 radical (unpaired) electrons. The van der Waals surface area contributed by atoms with Crippen LogP contribution >= 0.6 is 0 Å². The second kappa shape index (κ2) is 2.20. The summed E-state index contributed by atoms with van der Waals surface area (Å²) in [7, 11) is 0. The largest absolute Gasteiger partial charge is 0.456 e. The molecule has 0 unspecified atom stereocenters. The molecular weight excluding hydrogens is 159 g/mol. The minimum Gasteiger partial charge on any atom is -0.456 e. The van der Waals surface area contributed by atoms with Crippen LogP contribution in [0.15, 0.2) is 24.3 Å². The Morgan fingerprint density at radius 1 is 1.50 bits per heavy atom. The van der Waals surface area contributed by atoms with Crippen LogP contribution in [-0.4, -0.2) is 11.5 Å². The second-order valence-electron chi connectivity index (χ2n) is 3.08. The molecule has 0 amide bonds. The zero-order valence-electron chi connectivity index (χ0n) is 6.62. The maximum Gasteiger partial charge on any atom is 0.270 e. The Morgan fingerprint density at radius 3 is 2.83 bits per heavy atom.